The summed E-state index contributed by atoms with van der Waals surface area (Å²) in [6.07, 6.45) is 1.45. The molecule has 0 bridgehead atoms. The van der Waals surface area contributed by atoms with E-state index in [1.54, 1.807) is 38.1 Å². The van der Waals surface area contributed by atoms with E-state index in [-0.39, 0.29) is 18.2 Å². The number of ether oxygens (including phenoxy) is 1. The van der Waals surface area contributed by atoms with Gasteiger partial charge >= 0.3 is 5.97 Å². The minimum Gasteiger partial charge on any atom is -0.507 e. The number of esters is 1. The predicted octanol–water partition coefficient (Wildman–Crippen LogP) is 2.35. The van der Waals surface area contributed by atoms with Crippen molar-refractivity contribution in [2.75, 3.05) is 6.61 Å². The first-order chi connectivity index (χ1) is 9.63. The Kier molecular flexibility index (Phi) is 4.14. The van der Waals surface area contributed by atoms with Crippen molar-refractivity contribution in [2.45, 2.75) is 13.8 Å². The highest BCUT2D eigenvalue weighted by atomic mass is 16.5. The zero-order valence-electron chi connectivity index (χ0n) is 11.3. The minimum absolute atomic E-state index is 0.112. The lowest BCUT2D eigenvalue weighted by molar-refractivity contribution is 0.0526. The maximum absolute atomic E-state index is 11.8. The second kappa shape index (κ2) is 6.01. The Morgan fingerprint density at radius 1 is 1.50 bits per heavy atom. The number of aromatic amines is 1. The summed E-state index contributed by atoms with van der Waals surface area (Å²) in [5.41, 5.74) is 1.44. The number of aromatic nitrogens is 2. The van der Waals surface area contributed by atoms with Crippen molar-refractivity contribution in [3.8, 4) is 5.75 Å². The molecule has 1 heterocycles. The second-order valence-corrected chi connectivity index (χ2v) is 4.08. The van der Waals surface area contributed by atoms with E-state index >= 15 is 0 Å². The number of benzene rings is 1. The van der Waals surface area contributed by atoms with Crippen LogP contribution in [0.4, 0.5) is 5.82 Å². The van der Waals surface area contributed by atoms with Gasteiger partial charge in [-0.05, 0) is 26.0 Å². The first kappa shape index (κ1) is 13.8. The molecule has 1 aromatic carbocycles. The molecule has 0 unspecified atom stereocenters. The number of rotatable bonds is 4. The summed E-state index contributed by atoms with van der Waals surface area (Å²) in [5, 5.41) is 16.3. The third kappa shape index (κ3) is 2.85. The number of carbonyl (C=O) groups excluding carboxylic acids is 1. The lowest BCUT2D eigenvalue weighted by atomic mass is 10.2. The molecule has 6 heteroatoms. The molecule has 0 aliphatic rings. The second-order valence-electron chi connectivity index (χ2n) is 4.08. The highest BCUT2D eigenvalue weighted by Gasteiger charge is 2.18. The topological polar surface area (TPSA) is 87.6 Å². The summed E-state index contributed by atoms with van der Waals surface area (Å²) in [7, 11) is 0. The van der Waals surface area contributed by atoms with E-state index < -0.39 is 5.97 Å². The molecule has 2 rings (SSSR count). The van der Waals surface area contributed by atoms with Crippen LogP contribution in [0.5, 0.6) is 5.75 Å². The lowest BCUT2D eigenvalue weighted by Gasteiger charge is -2.01. The van der Waals surface area contributed by atoms with E-state index in [0.29, 0.717) is 16.8 Å². The van der Waals surface area contributed by atoms with Crippen LogP contribution in [0.15, 0.2) is 29.3 Å². The number of H-pyrrole nitrogens is 1. The van der Waals surface area contributed by atoms with Crippen LogP contribution in [0.1, 0.15) is 28.5 Å². The Labute approximate surface area is 116 Å². The van der Waals surface area contributed by atoms with Gasteiger partial charge in [-0.15, -0.1) is 0 Å². The normalized spacial score (nSPS) is 10.9. The molecule has 0 atom stereocenters. The predicted molar refractivity (Wildman–Crippen MR) is 74.6 cm³/mol. The van der Waals surface area contributed by atoms with E-state index in [0.717, 1.165) is 0 Å². The third-order valence-electron chi connectivity index (χ3n) is 2.67. The van der Waals surface area contributed by atoms with Gasteiger partial charge in [0, 0.05) is 17.5 Å². The standard InChI is InChI=1S/C14H15N3O3/c1-3-20-14(19)12-9(2)16-17-13(12)15-8-10-6-4-5-7-11(10)18/h4-8,18H,3H2,1-2H3,(H,16,17). The van der Waals surface area contributed by atoms with Crippen LogP contribution in [-0.4, -0.2) is 34.1 Å². The summed E-state index contributed by atoms with van der Waals surface area (Å²) in [5.74, 6) is -0.117. The van der Waals surface area contributed by atoms with Gasteiger partial charge in [-0.1, -0.05) is 12.1 Å². The Balaban J connectivity index is 2.31. The Bertz CT molecular complexity index is 647. The molecule has 1 aromatic heterocycles. The molecule has 104 valence electrons. The first-order valence-corrected chi connectivity index (χ1v) is 6.17. The van der Waals surface area contributed by atoms with Gasteiger partial charge in [-0.3, -0.25) is 5.10 Å². The van der Waals surface area contributed by atoms with Gasteiger partial charge in [0.25, 0.3) is 0 Å². The van der Waals surface area contributed by atoms with Crippen molar-refractivity contribution in [2.24, 2.45) is 4.99 Å². The number of aliphatic imine (C=N–C) groups is 1. The number of aromatic hydroxyl groups is 1. The van der Waals surface area contributed by atoms with Crippen molar-refractivity contribution in [3.63, 3.8) is 0 Å². The summed E-state index contributed by atoms with van der Waals surface area (Å²) >= 11 is 0. The highest BCUT2D eigenvalue weighted by Crippen LogP contribution is 2.21. The quantitative estimate of drug-likeness (QED) is 0.661. The molecule has 0 saturated carbocycles. The van der Waals surface area contributed by atoms with E-state index in [9.17, 15) is 9.90 Å². The van der Waals surface area contributed by atoms with Gasteiger partial charge in [0.1, 0.15) is 11.3 Å². The van der Waals surface area contributed by atoms with Crippen molar-refractivity contribution in [3.05, 3.63) is 41.1 Å². The molecule has 0 saturated heterocycles. The lowest BCUT2D eigenvalue weighted by Crippen LogP contribution is -2.05. The van der Waals surface area contributed by atoms with Crippen LogP contribution in [0.2, 0.25) is 0 Å². The summed E-state index contributed by atoms with van der Waals surface area (Å²) in [6, 6.07) is 6.77. The van der Waals surface area contributed by atoms with Crippen LogP contribution < -0.4 is 0 Å². The van der Waals surface area contributed by atoms with Gasteiger partial charge in [0.05, 0.1) is 6.61 Å². The van der Waals surface area contributed by atoms with Crippen LogP contribution in [-0.2, 0) is 4.74 Å². The average Bonchev–Trinajstić information content (AvgIpc) is 2.79. The molecule has 0 spiro atoms. The third-order valence-corrected chi connectivity index (χ3v) is 2.67. The number of nitrogens with one attached hydrogen (secondary N) is 1. The van der Waals surface area contributed by atoms with Crippen LogP contribution in [0.25, 0.3) is 0 Å². The van der Waals surface area contributed by atoms with E-state index in [1.807, 2.05) is 0 Å². The summed E-state index contributed by atoms with van der Waals surface area (Å²) < 4.78 is 4.96. The van der Waals surface area contributed by atoms with Crippen molar-refractivity contribution < 1.29 is 14.6 Å². The van der Waals surface area contributed by atoms with Crippen molar-refractivity contribution in [1.29, 1.82) is 0 Å². The Morgan fingerprint density at radius 3 is 2.95 bits per heavy atom. The summed E-state index contributed by atoms with van der Waals surface area (Å²) in [6.45, 7) is 3.74. The number of hydrogen-bond acceptors (Lipinski definition) is 5. The maximum atomic E-state index is 11.8. The molecule has 0 fully saturated rings. The molecule has 2 aromatic rings. The number of para-hydroxylation sites is 1. The van der Waals surface area contributed by atoms with Crippen molar-refractivity contribution in [1.82, 2.24) is 10.2 Å². The minimum atomic E-state index is -0.469. The molecule has 20 heavy (non-hydrogen) atoms. The van der Waals surface area contributed by atoms with Gasteiger partial charge in [0.2, 0.25) is 0 Å². The van der Waals surface area contributed by atoms with E-state index in [4.69, 9.17) is 4.74 Å². The van der Waals surface area contributed by atoms with Gasteiger partial charge < -0.3 is 9.84 Å². The molecule has 0 aliphatic heterocycles. The zero-order chi connectivity index (χ0) is 14.5. The molecule has 0 radical (unpaired) electrons. The van der Waals surface area contributed by atoms with Gasteiger partial charge in [0.15, 0.2) is 5.82 Å². The Hall–Kier alpha value is -2.63. The smallest absolute Gasteiger partial charge is 0.343 e. The number of nitrogens with zero attached hydrogens (tertiary/aromatic N) is 2. The van der Waals surface area contributed by atoms with E-state index in [2.05, 4.69) is 15.2 Å². The molecule has 0 aliphatic carbocycles. The highest BCUT2D eigenvalue weighted by molar-refractivity contribution is 5.96. The van der Waals surface area contributed by atoms with Crippen molar-refractivity contribution >= 4 is 18.0 Å². The summed E-state index contributed by atoms with van der Waals surface area (Å²) in [4.78, 5) is 16.0. The van der Waals surface area contributed by atoms with Crippen LogP contribution in [0.3, 0.4) is 0 Å². The molecular formula is C14H15N3O3. The Morgan fingerprint density at radius 2 is 2.25 bits per heavy atom. The number of carbonyl (C=O) groups is 1. The van der Waals surface area contributed by atoms with Crippen LogP contribution in [0, 0.1) is 6.92 Å². The maximum Gasteiger partial charge on any atom is 0.343 e. The zero-order valence-corrected chi connectivity index (χ0v) is 11.3. The molecule has 6 nitrogen and oxygen atoms in total. The number of phenolic OH excluding ortho intramolecular Hbond substituents is 1. The number of hydrogen-bond donors (Lipinski definition) is 2. The van der Waals surface area contributed by atoms with Gasteiger partial charge in [-0.2, -0.15) is 5.10 Å². The van der Waals surface area contributed by atoms with Gasteiger partial charge in [-0.25, -0.2) is 9.79 Å². The molecular weight excluding hydrogens is 258 g/mol. The number of aryl methyl sites for hydroxylation is 1. The fraction of sp³-hybridized carbons (Fsp3) is 0.214. The molecule has 0 amide bonds. The van der Waals surface area contributed by atoms with E-state index in [1.165, 1.54) is 6.21 Å². The first-order valence-electron chi connectivity index (χ1n) is 6.17. The number of phenols is 1. The monoisotopic (exact) mass is 273 g/mol. The fourth-order valence-corrected chi connectivity index (χ4v) is 1.68. The van der Waals surface area contributed by atoms with Crippen LogP contribution >= 0.6 is 0 Å². The molecule has 2 N–H and O–H groups in total. The fourth-order valence-electron chi connectivity index (χ4n) is 1.68. The largest absolute Gasteiger partial charge is 0.507 e. The average molecular weight is 273 g/mol. The SMILES string of the molecule is CCOC(=O)c1c(N=Cc2ccccc2O)n[nH]c1C.